The van der Waals surface area contributed by atoms with Gasteiger partial charge in [-0.2, -0.15) is 0 Å². The SMILES string of the molecule is CCOC(=O)CNc1c(-c2ccc3ccccc3c2)nc2c(C(=O)NC(CC(=O)O)c3cccc(C)c3)cccn12. The third-order valence-corrected chi connectivity index (χ3v) is 6.75. The maximum absolute atomic E-state index is 13.6. The maximum Gasteiger partial charge on any atom is 0.325 e. The zero-order valence-electron chi connectivity index (χ0n) is 22.8. The van der Waals surface area contributed by atoms with E-state index in [1.807, 2.05) is 67.6 Å². The van der Waals surface area contributed by atoms with E-state index in [0.29, 0.717) is 22.7 Å². The number of fused-ring (bicyclic) bond motifs is 2. The van der Waals surface area contributed by atoms with Crippen LogP contribution in [0.5, 0.6) is 0 Å². The van der Waals surface area contributed by atoms with Crippen molar-refractivity contribution in [3.63, 3.8) is 0 Å². The minimum absolute atomic E-state index is 0.0906. The number of carbonyl (C=O) groups is 3. The highest BCUT2D eigenvalue weighted by Crippen LogP contribution is 2.32. The monoisotopic (exact) mass is 550 g/mol. The summed E-state index contributed by atoms with van der Waals surface area (Å²) in [6.07, 6.45) is 1.48. The number of benzene rings is 3. The first-order valence-corrected chi connectivity index (χ1v) is 13.3. The van der Waals surface area contributed by atoms with E-state index < -0.39 is 23.9 Å². The summed E-state index contributed by atoms with van der Waals surface area (Å²) < 4.78 is 6.82. The number of anilines is 1. The zero-order valence-corrected chi connectivity index (χ0v) is 22.8. The normalized spacial score (nSPS) is 11.8. The van der Waals surface area contributed by atoms with E-state index in [1.54, 1.807) is 35.7 Å². The van der Waals surface area contributed by atoms with Crippen molar-refractivity contribution in [3.05, 3.63) is 102 Å². The summed E-state index contributed by atoms with van der Waals surface area (Å²) in [6, 6.07) is 23.9. The lowest BCUT2D eigenvalue weighted by molar-refractivity contribution is -0.141. The molecule has 0 aliphatic rings. The average molecular weight is 551 g/mol. The summed E-state index contributed by atoms with van der Waals surface area (Å²) in [5.41, 5.74) is 3.64. The maximum atomic E-state index is 13.6. The van der Waals surface area contributed by atoms with Crippen molar-refractivity contribution in [2.24, 2.45) is 0 Å². The molecule has 5 rings (SSSR count). The molecule has 0 fully saturated rings. The van der Waals surface area contributed by atoms with Crippen LogP contribution in [0.15, 0.2) is 85.1 Å². The van der Waals surface area contributed by atoms with Crippen LogP contribution in [0.25, 0.3) is 27.7 Å². The molecular weight excluding hydrogens is 520 g/mol. The number of hydrogen-bond acceptors (Lipinski definition) is 6. The summed E-state index contributed by atoms with van der Waals surface area (Å²) in [6.45, 7) is 3.82. The summed E-state index contributed by atoms with van der Waals surface area (Å²) in [7, 11) is 0. The van der Waals surface area contributed by atoms with Crippen LogP contribution in [-0.4, -0.2) is 45.5 Å². The molecule has 9 nitrogen and oxygen atoms in total. The first kappa shape index (κ1) is 27.4. The first-order chi connectivity index (χ1) is 19.8. The lowest BCUT2D eigenvalue weighted by Gasteiger charge is -2.18. The molecular formula is C32H30N4O5. The molecule has 0 spiro atoms. The number of pyridine rings is 1. The van der Waals surface area contributed by atoms with Crippen LogP contribution in [0.3, 0.4) is 0 Å². The van der Waals surface area contributed by atoms with E-state index in [2.05, 4.69) is 10.6 Å². The van der Waals surface area contributed by atoms with Gasteiger partial charge in [0.2, 0.25) is 0 Å². The average Bonchev–Trinajstić information content (AvgIpc) is 3.34. The Bertz CT molecular complexity index is 1760. The highest BCUT2D eigenvalue weighted by atomic mass is 16.5. The summed E-state index contributed by atoms with van der Waals surface area (Å²) in [4.78, 5) is 42.4. The molecule has 5 aromatic rings. The van der Waals surface area contributed by atoms with E-state index in [-0.39, 0.29) is 25.1 Å². The molecule has 1 atom stereocenters. The summed E-state index contributed by atoms with van der Waals surface area (Å²) in [5.74, 6) is -1.38. The highest BCUT2D eigenvalue weighted by Gasteiger charge is 2.24. The van der Waals surface area contributed by atoms with Crippen LogP contribution in [0, 0.1) is 6.92 Å². The Morgan fingerprint density at radius 2 is 1.78 bits per heavy atom. The van der Waals surface area contributed by atoms with Gasteiger partial charge in [-0.1, -0.05) is 66.2 Å². The van der Waals surface area contributed by atoms with E-state index in [0.717, 1.165) is 21.9 Å². The fraction of sp³-hybridized carbons (Fsp3) is 0.188. The lowest BCUT2D eigenvalue weighted by atomic mass is 10.0. The Morgan fingerprint density at radius 3 is 2.54 bits per heavy atom. The van der Waals surface area contributed by atoms with E-state index in [9.17, 15) is 19.5 Å². The van der Waals surface area contributed by atoms with Gasteiger partial charge >= 0.3 is 11.9 Å². The van der Waals surface area contributed by atoms with Crippen molar-refractivity contribution in [1.29, 1.82) is 0 Å². The number of rotatable bonds is 10. The van der Waals surface area contributed by atoms with Crippen LogP contribution in [0.1, 0.15) is 40.9 Å². The molecule has 1 unspecified atom stereocenters. The molecule has 9 heteroatoms. The van der Waals surface area contributed by atoms with Gasteiger partial charge in [-0.3, -0.25) is 18.8 Å². The molecule has 0 radical (unpaired) electrons. The predicted octanol–water partition coefficient (Wildman–Crippen LogP) is 5.38. The van der Waals surface area contributed by atoms with Crippen LogP contribution >= 0.6 is 0 Å². The van der Waals surface area contributed by atoms with Gasteiger partial charge in [-0.15, -0.1) is 0 Å². The van der Waals surface area contributed by atoms with Crippen LogP contribution < -0.4 is 10.6 Å². The molecule has 0 saturated carbocycles. The molecule has 2 aromatic heterocycles. The number of ether oxygens (including phenoxy) is 1. The van der Waals surface area contributed by atoms with Gasteiger partial charge in [0.15, 0.2) is 5.65 Å². The fourth-order valence-electron chi connectivity index (χ4n) is 4.87. The van der Waals surface area contributed by atoms with Gasteiger partial charge in [0, 0.05) is 11.8 Å². The van der Waals surface area contributed by atoms with E-state index in [1.165, 1.54) is 0 Å². The molecule has 2 heterocycles. The second kappa shape index (κ2) is 11.9. The molecule has 0 aliphatic carbocycles. The quantitative estimate of drug-likeness (QED) is 0.200. The van der Waals surface area contributed by atoms with Gasteiger partial charge in [0.1, 0.15) is 18.1 Å². The lowest BCUT2D eigenvalue weighted by Crippen LogP contribution is -2.30. The van der Waals surface area contributed by atoms with Crippen molar-refractivity contribution in [1.82, 2.24) is 14.7 Å². The molecule has 41 heavy (non-hydrogen) atoms. The third kappa shape index (κ3) is 6.04. The third-order valence-electron chi connectivity index (χ3n) is 6.75. The topological polar surface area (TPSA) is 122 Å². The van der Waals surface area contributed by atoms with E-state index >= 15 is 0 Å². The standard InChI is InChI=1S/C32H30N4O5/c1-3-41-28(39)19-33-31-29(24-14-13-21-9-4-5-10-22(21)17-24)35-30-25(12-7-15-36(30)31)32(40)34-26(18-27(37)38)23-11-6-8-20(2)16-23/h4-17,26,33H,3,18-19H2,1-2H3,(H,34,40)(H,37,38). The number of aryl methyl sites for hydroxylation is 1. The van der Waals surface area contributed by atoms with Crippen molar-refractivity contribution >= 4 is 40.1 Å². The molecule has 0 aliphatic heterocycles. The molecule has 208 valence electrons. The number of aliphatic carboxylic acids is 1. The predicted molar refractivity (Wildman–Crippen MR) is 157 cm³/mol. The van der Waals surface area contributed by atoms with Gasteiger partial charge in [0.05, 0.1) is 24.6 Å². The zero-order chi connectivity index (χ0) is 28.9. The number of carboxylic acids is 1. The molecule has 0 saturated heterocycles. The number of carboxylic acid groups (broad SMARTS) is 1. The molecule has 3 aromatic carbocycles. The largest absolute Gasteiger partial charge is 0.481 e. The number of esters is 1. The van der Waals surface area contributed by atoms with Crippen molar-refractivity contribution in [3.8, 4) is 11.3 Å². The Balaban J connectivity index is 1.57. The molecule has 3 N–H and O–H groups in total. The second-order valence-electron chi connectivity index (χ2n) is 9.68. The smallest absolute Gasteiger partial charge is 0.325 e. The van der Waals surface area contributed by atoms with Crippen molar-refractivity contribution in [2.45, 2.75) is 26.3 Å². The van der Waals surface area contributed by atoms with Gasteiger partial charge < -0.3 is 20.5 Å². The number of hydrogen-bond donors (Lipinski definition) is 3. The van der Waals surface area contributed by atoms with Crippen molar-refractivity contribution < 1.29 is 24.2 Å². The Morgan fingerprint density at radius 1 is 0.976 bits per heavy atom. The Labute approximate surface area is 236 Å². The van der Waals surface area contributed by atoms with Crippen molar-refractivity contribution in [2.75, 3.05) is 18.5 Å². The van der Waals surface area contributed by atoms with E-state index in [4.69, 9.17) is 9.72 Å². The number of nitrogens with zero attached hydrogens (tertiary/aromatic N) is 2. The number of nitrogens with one attached hydrogen (secondary N) is 2. The van der Waals surface area contributed by atoms with Gasteiger partial charge in [0.25, 0.3) is 5.91 Å². The summed E-state index contributed by atoms with van der Waals surface area (Å²) >= 11 is 0. The first-order valence-electron chi connectivity index (χ1n) is 13.3. The summed E-state index contributed by atoms with van der Waals surface area (Å²) in [5, 5.41) is 17.7. The highest BCUT2D eigenvalue weighted by molar-refractivity contribution is 6.01. The molecule has 0 bridgehead atoms. The number of aromatic nitrogens is 2. The Kier molecular flexibility index (Phi) is 7.96. The number of carbonyl (C=O) groups excluding carboxylic acids is 2. The van der Waals surface area contributed by atoms with Crippen LogP contribution in [0.2, 0.25) is 0 Å². The minimum Gasteiger partial charge on any atom is -0.481 e. The van der Waals surface area contributed by atoms with Crippen LogP contribution in [0.4, 0.5) is 5.82 Å². The fourth-order valence-corrected chi connectivity index (χ4v) is 4.87. The van der Waals surface area contributed by atoms with Gasteiger partial charge in [-0.05, 0) is 48.4 Å². The number of amides is 1. The number of imidazole rings is 1. The Hall–Kier alpha value is -5.18. The van der Waals surface area contributed by atoms with Crippen LogP contribution in [-0.2, 0) is 14.3 Å². The van der Waals surface area contributed by atoms with Gasteiger partial charge in [-0.25, -0.2) is 4.98 Å². The molecule has 1 amide bonds. The second-order valence-corrected chi connectivity index (χ2v) is 9.68. The minimum atomic E-state index is -1.03.